The maximum absolute atomic E-state index is 13.1. The van der Waals surface area contributed by atoms with Crippen LogP contribution in [0.2, 0.25) is 0 Å². The lowest BCUT2D eigenvalue weighted by molar-refractivity contribution is 0.304. The van der Waals surface area contributed by atoms with E-state index in [2.05, 4.69) is 31.9 Å². The first kappa shape index (κ1) is 13.6. The van der Waals surface area contributed by atoms with Gasteiger partial charge < -0.3 is 4.74 Å². The Kier molecular flexibility index (Phi) is 4.40. The zero-order valence-corrected chi connectivity index (χ0v) is 12.9. The third-order valence-corrected chi connectivity index (χ3v) is 3.62. The van der Waals surface area contributed by atoms with E-state index in [0.717, 1.165) is 21.3 Å². The maximum atomic E-state index is 13.1. The fourth-order valence-electron chi connectivity index (χ4n) is 1.57. The maximum Gasteiger partial charge on any atom is 0.137 e. The first-order chi connectivity index (χ1) is 8.56. The van der Waals surface area contributed by atoms with E-state index in [-0.39, 0.29) is 5.82 Å². The van der Waals surface area contributed by atoms with Gasteiger partial charge in [0.1, 0.15) is 18.2 Å². The molecule has 0 amide bonds. The van der Waals surface area contributed by atoms with E-state index < -0.39 is 0 Å². The van der Waals surface area contributed by atoms with Gasteiger partial charge in [-0.2, -0.15) is 0 Å². The third-order valence-electron chi connectivity index (χ3n) is 2.52. The van der Waals surface area contributed by atoms with Crippen molar-refractivity contribution in [3.63, 3.8) is 0 Å². The second-order valence-electron chi connectivity index (χ2n) is 3.95. The molecule has 2 rings (SSSR count). The quantitative estimate of drug-likeness (QED) is 0.714. The Balaban J connectivity index is 2.09. The van der Waals surface area contributed by atoms with Crippen molar-refractivity contribution in [2.45, 2.75) is 13.5 Å². The lowest BCUT2D eigenvalue weighted by Crippen LogP contribution is -1.97. The molecule has 0 aliphatic rings. The van der Waals surface area contributed by atoms with Crippen molar-refractivity contribution >= 4 is 31.9 Å². The molecule has 4 heteroatoms. The SMILES string of the molecule is Cc1cc(Br)ccc1OCc1ccc(F)c(Br)c1. The molecule has 0 saturated carbocycles. The van der Waals surface area contributed by atoms with E-state index in [4.69, 9.17) is 4.74 Å². The van der Waals surface area contributed by atoms with Crippen molar-refractivity contribution in [1.82, 2.24) is 0 Å². The zero-order chi connectivity index (χ0) is 13.1. The highest BCUT2D eigenvalue weighted by molar-refractivity contribution is 9.10. The van der Waals surface area contributed by atoms with Gasteiger partial charge in [-0.1, -0.05) is 22.0 Å². The molecule has 0 spiro atoms. The second kappa shape index (κ2) is 5.85. The van der Waals surface area contributed by atoms with E-state index in [0.29, 0.717) is 11.1 Å². The summed E-state index contributed by atoms with van der Waals surface area (Å²) in [6, 6.07) is 10.7. The highest BCUT2D eigenvalue weighted by Crippen LogP contribution is 2.24. The van der Waals surface area contributed by atoms with Crippen LogP contribution in [0, 0.1) is 12.7 Å². The van der Waals surface area contributed by atoms with Gasteiger partial charge in [-0.05, 0) is 64.3 Å². The first-order valence-corrected chi connectivity index (χ1v) is 6.98. The summed E-state index contributed by atoms with van der Waals surface area (Å²) in [6.45, 7) is 2.40. The van der Waals surface area contributed by atoms with Gasteiger partial charge in [0.25, 0.3) is 0 Å². The van der Waals surface area contributed by atoms with Crippen LogP contribution < -0.4 is 4.74 Å². The Labute approximate surface area is 122 Å². The van der Waals surface area contributed by atoms with Gasteiger partial charge in [0, 0.05) is 4.47 Å². The molecule has 94 valence electrons. The Morgan fingerprint density at radius 1 is 1.11 bits per heavy atom. The summed E-state index contributed by atoms with van der Waals surface area (Å²) in [5.74, 6) is 0.567. The summed E-state index contributed by atoms with van der Waals surface area (Å²) < 4.78 is 20.3. The lowest BCUT2D eigenvalue weighted by Gasteiger charge is -2.09. The predicted molar refractivity (Wildman–Crippen MR) is 77.3 cm³/mol. The molecule has 2 aromatic carbocycles. The molecule has 0 fully saturated rings. The summed E-state index contributed by atoms with van der Waals surface area (Å²) >= 11 is 6.57. The van der Waals surface area contributed by atoms with Gasteiger partial charge in [-0.25, -0.2) is 4.39 Å². The van der Waals surface area contributed by atoms with E-state index in [1.54, 1.807) is 12.1 Å². The van der Waals surface area contributed by atoms with E-state index >= 15 is 0 Å². The van der Waals surface area contributed by atoms with Crippen molar-refractivity contribution in [2.75, 3.05) is 0 Å². The molecule has 0 aliphatic carbocycles. The van der Waals surface area contributed by atoms with Crippen molar-refractivity contribution in [1.29, 1.82) is 0 Å². The number of hydrogen-bond acceptors (Lipinski definition) is 1. The largest absolute Gasteiger partial charge is 0.489 e. The van der Waals surface area contributed by atoms with Crippen LogP contribution in [0.15, 0.2) is 45.3 Å². The molecule has 1 nitrogen and oxygen atoms in total. The standard InChI is InChI=1S/C14H11Br2FO/c1-9-6-11(15)3-5-14(9)18-8-10-2-4-13(17)12(16)7-10/h2-7H,8H2,1H3. The minimum Gasteiger partial charge on any atom is -0.489 e. The Morgan fingerprint density at radius 2 is 1.89 bits per heavy atom. The van der Waals surface area contributed by atoms with Crippen LogP contribution in [0.5, 0.6) is 5.75 Å². The second-order valence-corrected chi connectivity index (χ2v) is 5.72. The van der Waals surface area contributed by atoms with Crippen LogP contribution in [-0.4, -0.2) is 0 Å². The van der Waals surface area contributed by atoms with Gasteiger partial charge >= 0.3 is 0 Å². The Bertz CT molecular complexity index is 570. The normalized spacial score (nSPS) is 10.4. The molecule has 0 heterocycles. The third kappa shape index (κ3) is 3.33. The van der Waals surface area contributed by atoms with Crippen LogP contribution in [0.3, 0.4) is 0 Å². The fraction of sp³-hybridized carbons (Fsp3) is 0.143. The van der Waals surface area contributed by atoms with Gasteiger partial charge in [0.2, 0.25) is 0 Å². The molecule has 0 aromatic heterocycles. The van der Waals surface area contributed by atoms with E-state index in [1.165, 1.54) is 6.07 Å². The number of aryl methyl sites for hydroxylation is 1. The van der Waals surface area contributed by atoms with Gasteiger partial charge in [-0.15, -0.1) is 0 Å². The summed E-state index contributed by atoms with van der Waals surface area (Å²) in [7, 11) is 0. The summed E-state index contributed by atoms with van der Waals surface area (Å²) in [6.07, 6.45) is 0. The minimum atomic E-state index is -0.265. The molecule has 0 bridgehead atoms. The monoisotopic (exact) mass is 372 g/mol. The average Bonchev–Trinajstić information content (AvgIpc) is 2.32. The highest BCUT2D eigenvalue weighted by Gasteiger charge is 2.03. The van der Waals surface area contributed by atoms with Crippen LogP contribution in [0.4, 0.5) is 4.39 Å². The lowest BCUT2D eigenvalue weighted by atomic mass is 10.2. The number of halogens is 3. The van der Waals surface area contributed by atoms with Crippen LogP contribution in [-0.2, 0) is 6.61 Å². The number of rotatable bonds is 3. The summed E-state index contributed by atoms with van der Waals surface area (Å²) in [5.41, 5.74) is 1.98. The minimum absolute atomic E-state index is 0.265. The highest BCUT2D eigenvalue weighted by atomic mass is 79.9. The predicted octanol–water partition coefficient (Wildman–Crippen LogP) is 5.24. The molecule has 0 unspecified atom stereocenters. The van der Waals surface area contributed by atoms with Crippen LogP contribution in [0.1, 0.15) is 11.1 Å². The molecule has 0 atom stereocenters. The number of hydrogen-bond donors (Lipinski definition) is 0. The average molecular weight is 374 g/mol. The van der Waals surface area contributed by atoms with Crippen LogP contribution in [0.25, 0.3) is 0 Å². The molecule has 0 aliphatic heterocycles. The van der Waals surface area contributed by atoms with Crippen LogP contribution >= 0.6 is 31.9 Å². The molecule has 2 aromatic rings. The summed E-state index contributed by atoms with van der Waals surface area (Å²) in [5, 5.41) is 0. The number of benzene rings is 2. The number of ether oxygens (including phenoxy) is 1. The molecule has 0 N–H and O–H groups in total. The Hall–Kier alpha value is -0.870. The Morgan fingerprint density at radius 3 is 2.56 bits per heavy atom. The smallest absolute Gasteiger partial charge is 0.137 e. The molecular weight excluding hydrogens is 363 g/mol. The fourth-order valence-corrected chi connectivity index (χ4v) is 2.47. The van der Waals surface area contributed by atoms with Crippen molar-refractivity contribution in [2.24, 2.45) is 0 Å². The molecular formula is C14H11Br2FO. The molecule has 18 heavy (non-hydrogen) atoms. The van der Waals surface area contributed by atoms with Crippen molar-refractivity contribution < 1.29 is 9.13 Å². The van der Waals surface area contributed by atoms with Gasteiger partial charge in [-0.3, -0.25) is 0 Å². The van der Waals surface area contributed by atoms with Crippen molar-refractivity contribution in [3.8, 4) is 5.75 Å². The molecule has 0 saturated heterocycles. The zero-order valence-electron chi connectivity index (χ0n) is 9.71. The van der Waals surface area contributed by atoms with E-state index in [1.807, 2.05) is 25.1 Å². The van der Waals surface area contributed by atoms with Gasteiger partial charge in [0.05, 0.1) is 4.47 Å². The summed E-state index contributed by atoms with van der Waals surface area (Å²) in [4.78, 5) is 0. The van der Waals surface area contributed by atoms with E-state index in [9.17, 15) is 4.39 Å². The van der Waals surface area contributed by atoms with Gasteiger partial charge in [0.15, 0.2) is 0 Å². The van der Waals surface area contributed by atoms with Crippen molar-refractivity contribution in [3.05, 3.63) is 62.3 Å². The first-order valence-electron chi connectivity index (χ1n) is 5.39. The molecule has 0 radical (unpaired) electrons. The topological polar surface area (TPSA) is 9.23 Å².